The SMILES string of the molecule is O=C(NCC1(c2ccncc2)CC1)c1cc(-c2ccccc2Cl)n[nH]1. The molecule has 1 aliphatic carbocycles. The average Bonchev–Trinajstić information content (AvgIpc) is 3.29. The lowest BCUT2D eigenvalue weighted by molar-refractivity contribution is 0.0944. The molecule has 0 saturated heterocycles. The number of hydrogen-bond donors (Lipinski definition) is 2. The molecule has 2 aromatic heterocycles. The Bertz CT molecular complexity index is 903. The molecule has 0 unspecified atom stereocenters. The molecule has 1 aliphatic rings. The van der Waals surface area contributed by atoms with Gasteiger partial charge in [0.2, 0.25) is 0 Å². The van der Waals surface area contributed by atoms with Crippen LogP contribution >= 0.6 is 11.6 Å². The first-order valence-electron chi connectivity index (χ1n) is 8.17. The highest BCUT2D eigenvalue weighted by atomic mass is 35.5. The maximum absolute atomic E-state index is 12.5. The zero-order chi connectivity index (χ0) is 17.3. The lowest BCUT2D eigenvalue weighted by Crippen LogP contribution is -2.32. The number of halogens is 1. The van der Waals surface area contributed by atoms with Crippen LogP contribution in [0.25, 0.3) is 11.3 Å². The third kappa shape index (κ3) is 3.15. The van der Waals surface area contributed by atoms with Crippen LogP contribution in [0.5, 0.6) is 0 Å². The van der Waals surface area contributed by atoms with Gasteiger partial charge in [-0.05, 0) is 42.7 Å². The summed E-state index contributed by atoms with van der Waals surface area (Å²) < 4.78 is 0. The van der Waals surface area contributed by atoms with Crippen LogP contribution in [0.4, 0.5) is 0 Å². The fourth-order valence-corrected chi connectivity index (χ4v) is 3.25. The predicted molar refractivity (Wildman–Crippen MR) is 96.5 cm³/mol. The molecule has 2 heterocycles. The number of aromatic nitrogens is 3. The number of nitrogens with zero attached hydrogens (tertiary/aromatic N) is 2. The zero-order valence-electron chi connectivity index (χ0n) is 13.5. The molecular formula is C19H17ClN4O. The van der Waals surface area contributed by atoms with Crippen LogP contribution in [0.1, 0.15) is 28.9 Å². The quantitative estimate of drug-likeness (QED) is 0.737. The Morgan fingerprint density at radius 3 is 2.68 bits per heavy atom. The van der Waals surface area contributed by atoms with Gasteiger partial charge in [0.1, 0.15) is 5.69 Å². The molecule has 3 aromatic rings. The van der Waals surface area contributed by atoms with Gasteiger partial charge < -0.3 is 5.32 Å². The van der Waals surface area contributed by atoms with Crippen LogP contribution < -0.4 is 5.32 Å². The van der Waals surface area contributed by atoms with Gasteiger partial charge in [0.25, 0.3) is 5.91 Å². The number of aromatic amines is 1. The van der Waals surface area contributed by atoms with E-state index in [1.165, 1.54) is 5.56 Å². The van der Waals surface area contributed by atoms with E-state index in [1.54, 1.807) is 24.5 Å². The number of rotatable bonds is 5. The molecule has 4 rings (SSSR count). The minimum Gasteiger partial charge on any atom is -0.350 e. The zero-order valence-corrected chi connectivity index (χ0v) is 14.3. The Balaban J connectivity index is 1.45. The summed E-state index contributed by atoms with van der Waals surface area (Å²) in [5.74, 6) is -0.161. The molecule has 1 aromatic carbocycles. The number of nitrogens with one attached hydrogen (secondary N) is 2. The van der Waals surface area contributed by atoms with Gasteiger partial charge >= 0.3 is 0 Å². The summed E-state index contributed by atoms with van der Waals surface area (Å²) in [7, 11) is 0. The van der Waals surface area contributed by atoms with Crippen molar-refractivity contribution < 1.29 is 4.79 Å². The Labute approximate surface area is 150 Å². The maximum atomic E-state index is 12.5. The van der Waals surface area contributed by atoms with Crippen molar-refractivity contribution in [2.45, 2.75) is 18.3 Å². The van der Waals surface area contributed by atoms with Gasteiger partial charge in [-0.15, -0.1) is 0 Å². The van der Waals surface area contributed by atoms with E-state index in [0.29, 0.717) is 23.0 Å². The lowest BCUT2D eigenvalue weighted by Gasteiger charge is -2.15. The van der Waals surface area contributed by atoms with Gasteiger partial charge in [-0.25, -0.2) is 0 Å². The fourth-order valence-electron chi connectivity index (χ4n) is 3.01. The van der Waals surface area contributed by atoms with E-state index in [-0.39, 0.29) is 11.3 Å². The van der Waals surface area contributed by atoms with E-state index in [4.69, 9.17) is 11.6 Å². The van der Waals surface area contributed by atoms with E-state index >= 15 is 0 Å². The first-order chi connectivity index (χ1) is 12.2. The third-order valence-corrected chi connectivity index (χ3v) is 5.04. The van der Waals surface area contributed by atoms with Crippen molar-refractivity contribution in [2.75, 3.05) is 6.54 Å². The summed E-state index contributed by atoms with van der Waals surface area (Å²) in [6.07, 6.45) is 5.74. The number of amides is 1. The predicted octanol–water partition coefficient (Wildman–Crippen LogP) is 3.59. The Kier molecular flexibility index (Phi) is 4.01. The molecule has 5 nitrogen and oxygen atoms in total. The standard InChI is InChI=1S/C19H17ClN4O/c20-15-4-2-1-3-14(15)16-11-17(24-23-16)18(25)22-12-19(7-8-19)13-5-9-21-10-6-13/h1-6,9-11H,7-8,12H2,(H,22,25)(H,23,24). The number of pyridine rings is 1. The smallest absolute Gasteiger partial charge is 0.269 e. The highest BCUT2D eigenvalue weighted by Gasteiger charge is 2.44. The van der Waals surface area contributed by atoms with Gasteiger partial charge in [-0.2, -0.15) is 5.10 Å². The third-order valence-electron chi connectivity index (χ3n) is 4.71. The van der Waals surface area contributed by atoms with E-state index in [9.17, 15) is 4.79 Å². The molecule has 1 saturated carbocycles. The molecule has 1 fully saturated rings. The Morgan fingerprint density at radius 2 is 1.96 bits per heavy atom. The molecule has 2 N–H and O–H groups in total. The molecule has 0 aliphatic heterocycles. The van der Waals surface area contributed by atoms with Crippen LogP contribution in [-0.4, -0.2) is 27.6 Å². The minimum atomic E-state index is -0.161. The first-order valence-corrected chi connectivity index (χ1v) is 8.55. The monoisotopic (exact) mass is 352 g/mol. The van der Waals surface area contributed by atoms with E-state index in [0.717, 1.165) is 18.4 Å². The molecule has 25 heavy (non-hydrogen) atoms. The van der Waals surface area contributed by atoms with Crippen molar-refractivity contribution in [3.05, 3.63) is 71.1 Å². The van der Waals surface area contributed by atoms with E-state index in [2.05, 4.69) is 20.5 Å². The van der Waals surface area contributed by atoms with Crippen molar-refractivity contribution in [3.8, 4) is 11.3 Å². The first kappa shape index (κ1) is 15.8. The van der Waals surface area contributed by atoms with Gasteiger partial charge in [-0.1, -0.05) is 29.8 Å². The lowest BCUT2D eigenvalue weighted by atomic mass is 9.97. The second kappa shape index (κ2) is 6.33. The van der Waals surface area contributed by atoms with Crippen LogP contribution in [0, 0.1) is 0 Å². The molecule has 0 atom stereocenters. The van der Waals surface area contributed by atoms with Crippen LogP contribution in [0.3, 0.4) is 0 Å². The second-order valence-corrected chi connectivity index (χ2v) is 6.75. The van der Waals surface area contributed by atoms with Gasteiger partial charge in [0.05, 0.1) is 10.7 Å². The number of carbonyl (C=O) groups excluding carboxylic acids is 1. The van der Waals surface area contributed by atoms with Crippen LogP contribution in [-0.2, 0) is 5.41 Å². The van der Waals surface area contributed by atoms with Crippen LogP contribution in [0.2, 0.25) is 5.02 Å². The maximum Gasteiger partial charge on any atom is 0.269 e. The number of H-pyrrole nitrogens is 1. The number of carbonyl (C=O) groups is 1. The summed E-state index contributed by atoms with van der Waals surface area (Å²) in [5.41, 5.74) is 3.16. The van der Waals surface area contributed by atoms with Crippen molar-refractivity contribution >= 4 is 17.5 Å². The topological polar surface area (TPSA) is 70.7 Å². The summed E-state index contributed by atoms with van der Waals surface area (Å²) in [6.45, 7) is 0.607. The number of hydrogen-bond acceptors (Lipinski definition) is 3. The molecule has 0 spiro atoms. The fraction of sp³-hybridized carbons (Fsp3) is 0.211. The Morgan fingerprint density at radius 1 is 1.20 bits per heavy atom. The van der Waals surface area contributed by atoms with Gasteiger partial charge in [-0.3, -0.25) is 14.9 Å². The van der Waals surface area contributed by atoms with Crippen molar-refractivity contribution in [3.63, 3.8) is 0 Å². The molecule has 1 amide bonds. The van der Waals surface area contributed by atoms with Crippen molar-refractivity contribution in [2.24, 2.45) is 0 Å². The van der Waals surface area contributed by atoms with Gasteiger partial charge in [0, 0.05) is 29.9 Å². The molecule has 0 bridgehead atoms. The molecule has 0 radical (unpaired) electrons. The second-order valence-electron chi connectivity index (χ2n) is 6.35. The molecule has 126 valence electrons. The van der Waals surface area contributed by atoms with Gasteiger partial charge in [0.15, 0.2) is 0 Å². The van der Waals surface area contributed by atoms with Crippen molar-refractivity contribution in [1.29, 1.82) is 0 Å². The van der Waals surface area contributed by atoms with E-state index in [1.807, 2.05) is 30.3 Å². The van der Waals surface area contributed by atoms with E-state index < -0.39 is 0 Å². The van der Waals surface area contributed by atoms with Crippen LogP contribution in [0.15, 0.2) is 54.9 Å². The van der Waals surface area contributed by atoms with Crippen molar-refractivity contribution in [1.82, 2.24) is 20.5 Å². The molecular weight excluding hydrogens is 336 g/mol. The summed E-state index contributed by atoms with van der Waals surface area (Å²) >= 11 is 6.19. The summed E-state index contributed by atoms with van der Waals surface area (Å²) in [5, 5.41) is 10.6. The molecule has 6 heteroatoms. The summed E-state index contributed by atoms with van der Waals surface area (Å²) in [6, 6.07) is 13.2. The summed E-state index contributed by atoms with van der Waals surface area (Å²) in [4.78, 5) is 16.5. The largest absolute Gasteiger partial charge is 0.350 e. The minimum absolute atomic E-state index is 0.0458. The highest BCUT2D eigenvalue weighted by molar-refractivity contribution is 6.33. The Hall–Kier alpha value is -2.66. The highest BCUT2D eigenvalue weighted by Crippen LogP contribution is 2.47. The average molecular weight is 353 g/mol. The number of benzene rings is 1. The normalized spacial score (nSPS) is 14.9.